The van der Waals surface area contributed by atoms with Crippen LogP contribution in [-0.4, -0.2) is 58.4 Å². The maximum atomic E-state index is 13.1. The molecule has 2 saturated heterocycles. The zero-order valence-corrected chi connectivity index (χ0v) is 21.9. The van der Waals surface area contributed by atoms with E-state index in [9.17, 15) is 9.59 Å². The lowest BCUT2D eigenvalue weighted by Gasteiger charge is -2.31. The number of amides is 2. The molecule has 2 aliphatic rings. The van der Waals surface area contributed by atoms with Crippen molar-refractivity contribution in [2.45, 2.75) is 37.6 Å². The molecule has 9 nitrogen and oxygen atoms in total. The van der Waals surface area contributed by atoms with Crippen molar-refractivity contribution in [3.05, 3.63) is 53.2 Å². The van der Waals surface area contributed by atoms with Gasteiger partial charge in [-0.15, -0.1) is 11.3 Å². The van der Waals surface area contributed by atoms with Crippen LogP contribution in [0.3, 0.4) is 0 Å². The normalized spacial score (nSPS) is 16.9. The summed E-state index contributed by atoms with van der Waals surface area (Å²) < 4.78 is 0. The number of aromatic nitrogens is 2. The van der Waals surface area contributed by atoms with E-state index in [4.69, 9.17) is 17.3 Å². The van der Waals surface area contributed by atoms with Crippen molar-refractivity contribution in [3.8, 4) is 10.4 Å². The highest BCUT2D eigenvalue weighted by Crippen LogP contribution is 2.40. The van der Waals surface area contributed by atoms with Crippen molar-refractivity contribution in [1.82, 2.24) is 20.2 Å². The van der Waals surface area contributed by atoms with Gasteiger partial charge in [-0.3, -0.25) is 9.59 Å². The molecule has 4 heterocycles. The van der Waals surface area contributed by atoms with Gasteiger partial charge in [0.15, 0.2) is 0 Å². The zero-order chi connectivity index (χ0) is 25.8. The molecule has 0 radical (unpaired) electrons. The van der Waals surface area contributed by atoms with E-state index in [1.165, 1.54) is 12.4 Å². The lowest BCUT2D eigenvalue weighted by atomic mass is 9.87. The fourth-order valence-corrected chi connectivity index (χ4v) is 5.82. The first-order valence-electron chi connectivity index (χ1n) is 12.5. The second kappa shape index (κ2) is 11.5. The summed E-state index contributed by atoms with van der Waals surface area (Å²) in [5.74, 6) is 0.357. The number of anilines is 3. The fraction of sp³-hybridized carbons (Fsp3) is 0.385. The number of hydrogen-bond acceptors (Lipinski definition) is 8. The number of hydrogen-bond donors (Lipinski definition) is 4. The third-order valence-corrected chi connectivity index (χ3v) is 8.19. The minimum absolute atomic E-state index is 0.159. The third-order valence-electron chi connectivity index (χ3n) is 7.04. The van der Waals surface area contributed by atoms with E-state index in [-0.39, 0.29) is 11.8 Å². The number of nitrogens with zero attached hydrogens (tertiary/aromatic N) is 3. The van der Waals surface area contributed by atoms with Crippen LogP contribution in [0.1, 0.15) is 47.5 Å². The maximum Gasteiger partial charge on any atom is 0.316 e. The van der Waals surface area contributed by atoms with Crippen molar-refractivity contribution in [3.63, 3.8) is 0 Å². The van der Waals surface area contributed by atoms with Crippen molar-refractivity contribution < 1.29 is 9.59 Å². The molecular weight excluding hydrogens is 510 g/mol. The Hall–Kier alpha value is -3.21. The molecule has 0 spiro atoms. The first-order valence-corrected chi connectivity index (χ1v) is 13.8. The van der Waals surface area contributed by atoms with Gasteiger partial charge in [-0.25, -0.2) is 9.97 Å². The van der Waals surface area contributed by atoms with Crippen LogP contribution in [0.2, 0.25) is 0 Å². The summed E-state index contributed by atoms with van der Waals surface area (Å²) in [5.41, 5.74) is 10.0. The smallest absolute Gasteiger partial charge is 0.316 e. The Morgan fingerprint density at radius 1 is 1.11 bits per heavy atom. The Kier molecular flexibility index (Phi) is 7.87. The number of nitrogens with two attached hydrogens (primary N) is 1. The Balaban J connectivity index is 1.35. The van der Waals surface area contributed by atoms with Crippen molar-refractivity contribution >= 4 is 51.5 Å². The quantitative estimate of drug-likeness (QED) is 0.202. The first-order chi connectivity index (χ1) is 18.0. The van der Waals surface area contributed by atoms with E-state index in [2.05, 4.69) is 32.0 Å². The summed E-state index contributed by atoms with van der Waals surface area (Å²) in [7, 11) is 0. The van der Waals surface area contributed by atoms with Crippen LogP contribution in [0.4, 0.5) is 22.1 Å². The second-order valence-corrected chi connectivity index (χ2v) is 10.7. The third kappa shape index (κ3) is 6.03. The lowest BCUT2D eigenvalue weighted by molar-refractivity contribution is 0.102. The molecule has 11 heteroatoms. The largest absolute Gasteiger partial charge is 0.397 e. The van der Waals surface area contributed by atoms with E-state index in [1.807, 2.05) is 23.6 Å². The summed E-state index contributed by atoms with van der Waals surface area (Å²) in [6.07, 6.45) is 6.59. The Morgan fingerprint density at radius 2 is 1.84 bits per heavy atom. The highest BCUT2D eigenvalue weighted by molar-refractivity contribution is 7.13. The van der Waals surface area contributed by atoms with E-state index in [1.54, 1.807) is 16.2 Å². The first kappa shape index (κ1) is 25.4. The van der Waals surface area contributed by atoms with E-state index in [0.717, 1.165) is 54.8 Å². The van der Waals surface area contributed by atoms with Gasteiger partial charge < -0.3 is 26.6 Å². The van der Waals surface area contributed by atoms with Crippen molar-refractivity contribution in [2.75, 3.05) is 42.5 Å². The predicted octanol–water partition coefficient (Wildman–Crippen LogP) is 4.74. The molecule has 0 aliphatic carbocycles. The maximum absolute atomic E-state index is 13.1. The number of rotatable bonds is 6. The standard InChI is InChI=1S/C26H30ClN7O2S/c27-25(36)34-9-5-16(6-10-34)20-12-17(22-2-1-11-37-22)13-21(23(20)28)33-24(35)18-14-30-26(31-15-18)32-19-3-7-29-8-4-19/h1-2,11-16,19,29H,3-10,28H2,(H,33,35)(H,30,31,32). The summed E-state index contributed by atoms with van der Waals surface area (Å²) in [4.78, 5) is 36.1. The number of nitrogen functional groups attached to an aromatic ring is 1. The van der Waals surface area contributed by atoms with Gasteiger partial charge in [0.25, 0.3) is 5.91 Å². The molecule has 37 heavy (non-hydrogen) atoms. The number of piperidine rings is 2. The van der Waals surface area contributed by atoms with Crippen molar-refractivity contribution in [2.24, 2.45) is 0 Å². The number of carbonyl (C=O) groups is 2. The lowest BCUT2D eigenvalue weighted by Crippen LogP contribution is -2.35. The van der Waals surface area contributed by atoms with Crippen LogP contribution in [0.25, 0.3) is 10.4 Å². The molecule has 3 aromatic rings. The summed E-state index contributed by atoms with van der Waals surface area (Å²) in [5, 5.41) is 11.2. The molecular formula is C26H30ClN7O2S. The summed E-state index contributed by atoms with van der Waals surface area (Å²) >= 11 is 7.30. The van der Waals surface area contributed by atoms with Crippen molar-refractivity contribution in [1.29, 1.82) is 0 Å². The molecule has 2 aromatic heterocycles. The molecule has 2 aliphatic heterocycles. The van der Waals surface area contributed by atoms with Gasteiger partial charge in [0.05, 0.1) is 16.9 Å². The number of halogens is 1. The molecule has 1 aromatic carbocycles. The van der Waals surface area contributed by atoms with Crippen LogP contribution in [0.5, 0.6) is 0 Å². The average molecular weight is 540 g/mol. The molecule has 2 fully saturated rings. The Labute approximate surface area is 224 Å². The van der Waals surface area contributed by atoms with Crippen LogP contribution >= 0.6 is 22.9 Å². The van der Waals surface area contributed by atoms with E-state index in [0.29, 0.717) is 42.0 Å². The predicted molar refractivity (Wildman–Crippen MR) is 148 cm³/mol. The van der Waals surface area contributed by atoms with Crippen LogP contribution < -0.4 is 21.7 Å². The SMILES string of the molecule is Nc1c(NC(=O)c2cnc(NC3CCNCC3)nc2)cc(-c2cccs2)cc1C1CCN(C(=O)Cl)CC1. The van der Waals surface area contributed by atoms with Gasteiger partial charge >= 0.3 is 5.37 Å². The topological polar surface area (TPSA) is 125 Å². The van der Waals surface area contributed by atoms with Gasteiger partial charge in [0, 0.05) is 36.4 Å². The number of likely N-dealkylation sites (tertiary alicyclic amines) is 1. The Bertz CT molecular complexity index is 1240. The van der Waals surface area contributed by atoms with Gasteiger partial charge in [-0.1, -0.05) is 6.07 Å². The van der Waals surface area contributed by atoms with Gasteiger partial charge in [-0.2, -0.15) is 0 Å². The van der Waals surface area contributed by atoms with E-state index >= 15 is 0 Å². The number of thiophene rings is 1. The molecule has 0 saturated carbocycles. The highest BCUT2D eigenvalue weighted by Gasteiger charge is 2.26. The minimum atomic E-state index is -0.425. The minimum Gasteiger partial charge on any atom is -0.397 e. The highest BCUT2D eigenvalue weighted by atomic mass is 35.5. The molecule has 5 N–H and O–H groups in total. The van der Waals surface area contributed by atoms with Crippen LogP contribution in [0, 0.1) is 0 Å². The number of nitrogens with one attached hydrogen (secondary N) is 3. The number of benzene rings is 1. The zero-order valence-electron chi connectivity index (χ0n) is 20.4. The summed E-state index contributed by atoms with van der Waals surface area (Å²) in [6, 6.07) is 8.38. The molecule has 194 valence electrons. The molecule has 2 amide bonds. The molecule has 0 bridgehead atoms. The summed E-state index contributed by atoms with van der Waals surface area (Å²) in [6.45, 7) is 3.09. The molecule has 5 rings (SSSR count). The molecule has 0 unspecified atom stereocenters. The van der Waals surface area contributed by atoms with Gasteiger partial charge in [0.1, 0.15) is 0 Å². The number of carbonyl (C=O) groups excluding carboxylic acids is 2. The van der Waals surface area contributed by atoms with E-state index < -0.39 is 5.37 Å². The fourth-order valence-electron chi connectivity index (χ4n) is 4.93. The second-order valence-electron chi connectivity index (χ2n) is 9.44. The monoisotopic (exact) mass is 539 g/mol. The molecule has 0 atom stereocenters. The average Bonchev–Trinajstić information content (AvgIpc) is 3.46. The Morgan fingerprint density at radius 3 is 2.49 bits per heavy atom. The van der Waals surface area contributed by atoms with Crippen LogP contribution in [-0.2, 0) is 0 Å². The van der Waals surface area contributed by atoms with Crippen LogP contribution in [0.15, 0.2) is 42.0 Å². The van der Waals surface area contributed by atoms with Gasteiger partial charge in [0.2, 0.25) is 5.95 Å². The van der Waals surface area contributed by atoms with Gasteiger partial charge in [-0.05, 0) is 91.0 Å².